The van der Waals surface area contributed by atoms with Crippen LogP contribution in [0.1, 0.15) is 33.6 Å². The summed E-state index contributed by atoms with van der Waals surface area (Å²) in [5, 5.41) is 0. The molecule has 0 aliphatic rings. The number of rotatable bonds is 5. The number of hydrogen-bond donors (Lipinski definition) is 2. The van der Waals surface area contributed by atoms with Gasteiger partial charge in [0.05, 0.1) is 0 Å². The van der Waals surface area contributed by atoms with E-state index < -0.39 is 12.6 Å². The van der Waals surface area contributed by atoms with Gasteiger partial charge in [-0.2, -0.15) is 13.2 Å². The molecule has 0 saturated heterocycles. The van der Waals surface area contributed by atoms with E-state index in [0.29, 0.717) is 5.92 Å². The number of hydrogen-bond acceptors (Lipinski definition) is 2. The van der Waals surface area contributed by atoms with Crippen LogP contribution in [0.3, 0.4) is 0 Å². The maximum absolute atomic E-state index is 11.9. The van der Waals surface area contributed by atoms with Gasteiger partial charge in [0.1, 0.15) is 0 Å². The highest BCUT2D eigenvalue weighted by atomic mass is 19.4. The van der Waals surface area contributed by atoms with Crippen molar-refractivity contribution in [2.75, 3.05) is 0 Å². The van der Waals surface area contributed by atoms with Gasteiger partial charge in [-0.1, -0.05) is 20.8 Å². The molecule has 3 N–H and O–H groups in total. The van der Waals surface area contributed by atoms with Crippen LogP contribution in [-0.2, 0) is 0 Å². The summed E-state index contributed by atoms with van der Waals surface area (Å²) in [4.78, 5) is 0. The molecule has 0 spiro atoms. The Bertz CT molecular complexity index is 157. The summed E-state index contributed by atoms with van der Waals surface area (Å²) in [6.45, 7) is 5.86. The summed E-state index contributed by atoms with van der Waals surface area (Å²) in [6, 6.07) is -0.267. The second-order valence-corrected chi connectivity index (χ2v) is 4.03. The second kappa shape index (κ2) is 5.56. The zero-order chi connectivity index (χ0) is 11.4. The van der Waals surface area contributed by atoms with Gasteiger partial charge in [0.2, 0.25) is 0 Å². The van der Waals surface area contributed by atoms with E-state index in [0.717, 1.165) is 0 Å². The van der Waals surface area contributed by atoms with Gasteiger partial charge in [0.15, 0.2) is 0 Å². The molecule has 0 rings (SSSR count). The van der Waals surface area contributed by atoms with E-state index in [9.17, 15) is 13.2 Å². The molecular formula is C9H19F3N2. The zero-order valence-electron chi connectivity index (χ0n) is 8.86. The van der Waals surface area contributed by atoms with Gasteiger partial charge in [-0.15, -0.1) is 0 Å². The lowest BCUT2D eigenvalue weighted by Crippen LogP contribution is -2.42. The van der Waals surface area contributed by atoms with Gasteiger partial charge in [-0.25, -0.2) is 0 Å². The molecule has 0 saturated carbocycles. The molecule has 0 aromatic rings. The molecule has 0 aliphatic carbocycles. The third-order valence-corrected chi connectivity index (χ3v) is 2.64. The summed E-state index contributed by atoms with van der Waals surface area (Å²) in [7, 11) is 0. The summed E-state index contributed by atoms with van der Waals surface area (Å²) in [5.41, 5.74) is 2.46. The van der Waals surface area contributed by atoms with Gasteiger partial charge in [0.25, 0.3) is 0 Å². The Morgan fingerprint density at radius 2 is 1.71 bits per heavy atom. The molecule has 0 fully saturated rings. The fraction of sp³-hybridized carbons (Fsp3) is 1.00. The van der Waals surface area contributed by atoms with Gasteiger partial charge >= 0.3 is 6.18 Å². The van der Waals surface area contributed by atoms with Crippen molar-refractivity contribution < 1.29 is 13.2 Å². The Hall–Kier alpha value is -0.290. The normalized spacial score (nSPS) is 17.1. The highest BCUT2D eigenvalue weighted by molar-refractivity contribution is 4.74. The first-order valence-corrected chi connectivity index (χ1v) is 4.80. The molecule has 0 amide bonds. The first-order valence-electron chi connectivity index (χ1n) is 4.80. The summed E-state index contributed by atoms with van der Waals surface area (Å²) in [6.07, 6.45) is -4.83. The van der Waals surface area contributed by atoms with E-state index in [2.05, 4.69) is 5.43 Å². The number of nitrogens with one attached hydrogen (secondary N) is 1. The quantitative estimate of drug-likeness (QED) is 0.542. The number of alkyl halides is 3. The molecule has 0 heterocycles. The van der Waals surface area contributed by atoms with Crippen LogP contribution < -0.4 is 11.3 Å². The summed E-state index contributed by atoms with van der Waals surface area (Å²) < 4.78 is 35.8. The van der Waals surface area contributed by atoms with Crippen molar-refractivity contribution in [2.24, 2.45) is 17.7 Å². The van der Waals surface area contributed by atoms with Crippen LogP contribution in [0.5, 0.6) is 0 Å². The molecule has 0 bridgehead atoms. The molecule has 2 atom stereocenters. The lowest BCUT2D eigenvalue weighted by Gasteiger charge is -2.26. The van der Waals surface area contributed by atoms with Gasteiger partial charge < -0.3 is 0 Å². The Morgan fingerprint density at radius 1 is 1.21 bits per heavy atom. The monoisotopic (exact) mass is 212 g/mol. The predicted octanol–water partition coefficient (Wildman–Crippen LogP) is 2.45. The van der Waals surface area contributed by atoms with Crippen LogP contribution in [0.15, 0.2) is 0 Å². The molecule has 0 aromatic carbocycles. The standard InChI is InChI=1S/C9H19F3N2/c1-6(2)7(3)8(14-13)4-5-9(10,11)12/h6-8,14H,4-5,13H2,1-3H3. The molecule has 0 radical (unpaired) electrons. The maximum atomic E-state index is 11.9. The van der Waals surface area contributed by atoms with Crippen LogP contribution in [-0.4, -0.2) is 12.2 Å². The van der Waals surface area contributed by atoms with Crippen LogP contribution in [0.25, 0.3) is 0 Å². The minimum Gasteiger partial charge on any atom is -0.271 e. The van der Waals surface area contributed by atoms with Crippen molar-refractivity contribution in [3.05, 3.63) is 0 Å². The molecular weight excluding hydrogens is 193 g/mol. The minimum atomic E-state index is -4.09. The average molecular weight is 212 g/mol. The second-order valence-electron chi connectivity index (χ2n) is 4.03. The van der Waals surface area contributed by atoms with E-state index >= 15 is 0 Å². The van der Waals surface area contributed by atoms with Gasteiger partial charge in [-0.05, 0) is 18.3 Å². The molecule has 0 aliphatic heterocycles. The molecule has 2 nitrogen and oxygen atoms in total. The van der Waals surface area contributed by atoms with Crippen molar-refractivity contribution in [1.82, 2.24) is 5.43 Å². The van der Waals surface area contributed by atoms with Gasteiger partial charge in [-0.3, -0.25) is 11.3 Å². The van der Waals surface area contributed by atoms with Crippen LogP contribution in [0, 0.1) is 11.8 Å². The fourth-order valence-corrected chi connectivity index (χ4v) is 1.28. The smallest absolute Gasteiger partial charge is 0.271 e. The first kappa shape index (κ1) is 13.7. The van der Waals surface area contributed by atoms with Gasteiger partial charge in [0, 0.05) is 12.5 Å². The van der Waals surface area contributed by atoms with Crippen LogP contribution in [0.4, 0.5) is 13.2 Å². The Morgan fingerprint density at radius 3 is 2.00 bits per heavy atom. The molecule has 14 heavy (non-hydrogen) atoms. The van der Waals surface area contributed by atoms with Crippen molar-refractivity contribution in [3.8, 4) is 0 Å². The Labute approximate surface area is 83.0 Å². The zero-order valence-corrected chi connectivity index (χ0v) is 8.86. The minimum absolute atomic E-state index is 0.0410. The fourth-order valence-electron chi connectivity index (χ4n) is 1.28. The largest absolute Gasteiger partial charge is 0.389 e. The van der Waals surface area contributed by atoms with Crippen molar-refractivity contribution in [1.29, 1.82) is 0 Å². The lowest BCUT2D eigenvalue weighted by atomic mass is 9.88. The maximum Gasteiger partial charge on any atom is 0.389 e. The highest BCUT2D eigenvalue weighted by Gasteiger charge is 2.30. The van der Waals surface area contributed by atoms with E-state index in [4.69, 9.17) is 5.84 Å². The molecule has 2 unspecified atom stereocenters. The Kier molecular flexibility index (Phi) is 5.44. The van der Waals surface area contributed by atoms with Crippen molar-refractivity contribution in [2.45, 2.75) is 45.8 Å². The SMILES string of the molecule is CC(C)C(C)C(CCC(F)(F)F)NN. The Balaban J connectivity index is 4.03. The third kappa shape index (κ3) is 5.44. The lowest BCUT2D eigenvalue weighted by molar-refractivity contribution is -0.137. The van der Waals surface area contributed by atoms with E-state index in [1.165, 1.54) is 0 Å². The average Bonchev–Trinajstić information content (AvgIpc) is 2.02. The van der Waals surface area contributed by atoms with Crippen LogP contribution >= 0.6 is 0 Å². The highest BCUT2D eigenvalue weighted by Crippen LogP contribution is 2.25. The summed E-state index contributed by atoms with van der Waals surface area (Å²) >= 11 is 0. The number of nitrogens with two attached hydrogens (primary N) is 1. The first-order chi connectivity index (χ1) is 6.28. The molecule has 5 heteroatoms. The van der Waals surface area contributed by atoms with E-state index in [-0.39, 0.29) is 18.4 Å². The topological polar surface area (TPSA) is 38.0 Å². The third-order valence-electron chi connectivity index (χ3n) is 2.64. The number of hydrazine groups is 1. The van der Waals surface area contributed by atoms with E-state index in [1.807, 2.05) is 20.8 Å². The van der Waals surface area contributed by atoms with Crippen molar-refractivity contribution >= 4 is 0 Å². The molecule has 0 aromatic heterocycles. The summed E-state index contributed by atoms with van der Waals surface area (Å²) in [5.74, 6) is 5.69. The molecule has 86 valence electrons. The number of halogens is 3. The predicted molar refractivity (Wildman–Crippen MR) is 50.4 cm³/mol. The van der Waals surface area contributed by atoms with E-state index in [1.54, 1.807) is 0 Å². The van der Waals surface area contributed by atoms with Crippen molar-refractivity contribution in [3.63, 3.8) is 0 Å². The van der Waals surface area contributed by atoms with Crippen LogP contribution in [0.2, 0.25) is 0 Å².